The van der Waals surface area contributed by atoms with Crippen molar-refractivity contribution in [1.29, 1.82) is 0 Å². The third-order valence-electron chi connectivity index (χ3n) is 3.24. The number of nitrogens with zero attached hydrogens (tertiary/aromatic N) is 2. The molecule has 0 saturated heterocycles. The third kappa shape index (κ3) is 4.38. The highest BCUT2D eigenvalue weighted by atomic mass is 32.1. The minimum absolute atomic E-state index is 0.0247. The number of carbonyl (C=O) groups is 1. The Kier molecular flexibility index (Phi) is 5.36. The molecule has 0 atom stereocenters. The van der Waals surface area contributed by atoms with E-state index < -0.39 is 0 Å². The summed E-state index contributed by atoms with van der Waals surface area (Å²) in [4.78, 5) is 19.8. The predicted octanol–water partition coefficient (Wildman–Crippen LogP) is 3.50. The summed E-state index contributed by atoms with van der Waals surface area (Å²) in [5.74, 6) is -0.0247. The summed E-state index contributed by atoms with van der Waals surface area (Å²) in [6.45, 7) is 7.78. The molecule has 0 aliphatic rings. The van der Waals surface area contributed by atoms with E-state index in [1.807, 2.05) is 32.5 Å². The Morgan fingerprint density at radius 3 is 2.73 bits per heavy atom. The lowest BCUT2D eigenvalue weighted by Gasteiger charge is -2.28. The van der Waals surface area contributed by atoms with Crippen molar-refractivity contribution in [3.05, 3.63) is 27.4 Å². The summed E-state index contributed by atoms with van der Waals surface area (Å²) in [6, 6.07) is 2.03. The second-order valence-electron chi connectivity index (χ2n) is 6.53. The number of hydrogen-bond acceptors (Lipinski definition) is 5. The van der Waals surface area contributed by atoms with E-state index in [1.54, 1.807) is 11.3 Å². The van der Waals surface area contributed by atoms with Crippen LogP contribution in [-0.4, -0.2) is 43.0 Å². The smallest absolute Gasteiger partial charge is 0.263 e. The van der Waals surface area contributed by atoms with Crippen LogP contribution in [0.2, 0.25) is 0 Å². The number of amides is 1. The van der Waals surface area contributed by atoms with E-state index in [0.29, 0.717) is 11.4 Å². The molecule has 0 unspecified atom stereocenters. The summed E-state index contributed by atoms with van der Waals surface area (Å²) in [6.07, 6.45) is 0. The molecule has 2 rings (SSSR count). The van der Waals surface area contributed by atoms with E-state index in [9.17, 15) is 4.79 Å². The zero-order valence-corrected chi connectivity index (χ0v) is 15.4. The molecule has 4 nitrogen and oxygen atoms in total. The minimum Gasteiger partial charge on any atom is -0.351 e. The zero-order valence-electron chi connectivity index (χ0n) is 13.8. The van der Waals surface area contributed by atoms with E-state index >= 15 is 0 Å². The fourth-order valence-electron chi connectivity index (χ4n) is 2.43. The lowest BCUT2D eigenvalue weighted by atomic mass is 9.93. The fourth-order valence-corrected chi connectivity index (χ4v) is 4.12. The highest BCUT2D eigenvalue weighted by Gasteiger charge is 2.22. The summed E-state index contributed by atoms with van der Waals surface area (Å²) < 4.78 is 0. The van der Waals surface area contributed by atoms with Gasteiger partial charge in [0.15, 0.2) is 0 Å². The SMILES string of the molecule is Cc1nc(-c2ccsc2)sc1C(=O)NCC(C)(C)CN(C)C. The first-order chi connectivity index (χ1) is 10.3. The molecule has 0 spiro atoms. The van der Waals surface area contributed by atoms with Gasteiger partial charge < -0.3 is 10.2 Å². The maximum atomic E-state index is 12.4. The Balaban J connectivity index is 2.04. The Labute approximate surface area is 140 Å². The van der Waals surface area contributed by atoms with Gasteiger partial charge in [-0.3, -0.25) is 4.79 Å². The van der Waals surface area contributed by atoms with E-state index in [0.717, 1.165) is 22.8 Å². The quantitative estimate of drug-likeness (QED) is 0.877. The van der Waals surface area contributed by atoms with Gasteiger partial charge in [-0.05, 0) is 37.9 Å². The summed E-state index contributed by atoms with van der Waals surface area (Å²) in [5.41, 5.74) is 1.92. The normalized spacial score (nSPS) is 11.9. The van der Waals surface area contributed by atoms with Crippen LogP contribution in [0, 0.1) is 12.3 Å². The molecule has 0 aliphatic carbocycles. The Hall–Kier alpha value is -1.24. The van der Waals surface area contributed by atoms with Crippen LogP contribution in [0.1, 0.15) is 29.2 Å². The van der Waals surface area contributed by atoms with Gasteiger partial charge in [-0.15, -0.1) is 11.3 Å². The van der Waals surface area contributed by atoms with Crippen molar-refractivity contribution in [1.82, 2.24) is 15.2 Å². The topological polar surface area (TPSA) is 45.2 Å². The van der Waals surface area contributed by atoms with Crippen LogP contribution in [0.25, 0.3) is 10.6 Å². The van der Waals surface area contributed by atoms with Gasteiger partial charge in [0.1, 0.15) is 9.88 Å². The van der Waals surface area contributed by atoms with Gasteiger partial charge >= 0.3 is 0 Å². The molecule has 0 radical (unpaired) electrons. The number of aryl methyl sites for hydroxylation is 1. The average Bonchev–Trinajstić information content (AvgIpc) is 3.03. The van der Waals surface area contributed by atoms with Gasteiger partial charge in [-0.1, -0.05) is 13.8 Å². The van der Waals surface area contributed by atoms with Crippen LogP contribution in [0.15, 0.2) is 16.8 Å². The summed E-state index contributed by atoms with van der Waals surface area (Å²) in [5, 5.41) is 8.04. The largest absolute Gasteiger partial charge is 0.351 e. The lowest BCUT2D eigenvalue weighted by Crippen LogP contribution is -2.39. The zero-order chi connectivity index (χ0) is 16.3. The molecular weight excluding hydrogens is 314 g/mol. The molecule has 0 aliphatic heterocycles. The molecule has 2 aromatic rings. The molecule has 1 amide bonds. The van der Waals surface area contributed by atoms with Crippen LogP contribution in [0.4, 0.5) is 0 Å². The van der Waals surface area contributed by atoms with Crippen molar-refractivity contribution in [2.24, 2.45) is 5.41 Å². The highest BCUT2D eigenvalue weighted by Crippen LogP contribution is 2.29. The molecule has 2 heterocycles. The van der Waals surface area contributed by atoms with E-state index in [1.165, 1.54) is 11.3 Å². The lowest BCUT2D eigenvalue weighted by molar-refractivity contribution is 0.0932. The average molecular weight is 338 g/mol. The van der Waals surface area contributed by atoms with Crippen LogP contribution in [0.5, 0.6) is 0 Å². The molecule has 0 saturated carbocycles. The second kappa shape index (κ2) is 6.89. The second-order valence-corrected chi connectivity index (χ2v) is 8.31. The van der Waals surface area contributed by atoms with Crippen molar-refractivity contribution in [2.75, 3.05) is 27.2 Å². The Morgan fingerprint density at radius 1 is 1.41 bits per heavy atom. The third-order valence-corrected chi connectivity index (χ3v) is 5.13. The molecule has 6 heteroatoms. The molecule has 120 valence electrons. The molecule has 22 heavy (non-hydrogen) atoms. The highest BCUT2D eigenvalue weighted by molar-refractivity contribution is 7.17. The summed E-state index contributed by atoms with van der Waals surface area (Å²) >= 11 is 3.10. The van der Waals surface area contributed by atoms with Gasteiger partial charge in [0.05, 0.1) is 5.69 Å². The number of thiophene rings is 1. The standard InChI is InChI=1S/C16H23N3OS2/c1-11-13(22-15(18-11)12-6-7-21-8-12)14(20)17-9-16(2,3)10-19(4)5/h6-8H,9-10H2,1-5H3,(H,17,20). The monoisotopic (exact) mass is 337 g/mol. The number of aromatic nitrogens is 1. The Morgan fingerprint density at radius 2 is 2.14 bits per heavy atom. The van der Waals surface area contributed by atoms with Crippen molar-refractivity contribution >= 4 is 28.6 Å². The molecule has 1 N–H and O–H groups in total. The van der Waals surface area contributed by atoms with Gasteiger partial charge in [-0.25, -0.2) is 4.98 Å². The van der Waals surface area contributed by atoms with Gasteiger partial charge in [-0.2, -0.15) is 11.3 Å². The van der Waals surface area contributed by atoms with Gasteiger partial charge in [0.25, 0.3) is 5.91 Å². The first kappa shape index (κ1) is 17.1. The van der Waals surface area contributed by atoms with Crippen molar-refractivity contribution < 1.29 is 4.79 Å². The number of hydrogen-bond donors (Lipinski definition) is 1. The van der Waals surface area contributed by atoms with Crippen molar-refractivity contribution in [2.45, 2.75) is 20.8 Å². The van der Waals surface area contributed by atoms with Crippen molar-refractivity contribution in [3.8, 4) is 10.6 Å². The van der Waals surface area contributed by atoms with E-state index in [-0.39, 0.29) is 11.3 Å². The van der Waals surface area contributed by atoms with E-state index in [4.69, 9.17) is 0 Å². The van der Waals surface area contributed by atoms with Gasteiger partial charge in [0, 0.05) is 24.0 Å². The van der Waals surface area contributed by atoms with Crippen LogP contribution >= 0.6 is 22.7 Å². The maximum Gasteiger partial charge on any atom is 0.263 e. The van der Waals surface area contributed by atoms with Crippen LogP contribution in [-0.2, 0) is 0 Å². The number of rotatable bonds is 6. The van der Waals surface area contributed by atoms with Crippen molar-refractivity contribution in [3.63, 3.8) is 0 Å². The first-order valence-electron chi connectivity index (χ1n) is 7.21. The molecule has 2 aromatic heterocycles. The molecular formula is C16H23N3OS2. The number of carbonyl (C=O) groups excluding carboxylic acids is 1. The maximum absolute atomic E-state index is 12.4. The molecule has 0 aromatic carbocycles. The Bertz CT molecular complexity index is 630. The predicted molar refractivity (Wildman–Crippen MR) is 94.8 cm³/mol. The first-order valence-corrected chi connectivity index (χ1v) is 8.97. The van der Waals surface area contributed by atoms with Gasteiger partial charge in [0.2, 0.25) is 0 Å². The minimum atomic E-state index is -0.0247. The summed E-state index contributed by atoms with van der Waals surface area (Å²) in [7, 11) is 4.09. The fraction of sp³-hybridized carbons (Fsp3) is 0.500. The number of nitrogens with one attached hydrogen (secondary N) is 1. The molecule has 0 bridgehead atoms. The molecule has 0 fully saturated rings. The van der Waals surface area contributed by atoms with Crippen LogP contribution in [0.3, 0.4) is 0 Å². The number of thiazole rings is 1. The van der Waals surface area contributed by atoms with Crippen LogP contribution < -0.4 is 5.32 Å². The van der Waals surface area contributed by atoms with E-state index in [2.05, 4.69) is 34.4 Å².